The zero-order chi connectivity index (χ0) is 16.5. The first kappa shape index (κ1) is 20.2. The number of likely N-dealkylation sites (N-methyl/N-ethyl adjacent to an activating group) is 1. The molecule has 0 saturated heterocycles. The van der Waals surface area contributed by atoms with Crippen molar-refractivity contribution in [2.45, 2.75) is 19.8 Å². The van der Waals surface area contributed by atoms with Gasteiger partial charge in [0.05, 0.1) is 0 Å². The second-order valence-electron chi connectivity index (χ2n) is 5.45. The summed E-state index contributed by atoms with van der Waals surface area (Å²) in [5.74, 6) is -0.552. The van der Waals surface area contributed by atoms with Crippen molar-refractivity contribution in [3.05, 3.63) is 71.8 Å². The predicted octanol–water partition coefficient (Wildman–Crippen LogP) is 0.820. The Bertz CT molecular complexity index is 552. The number of nitrogens with zero attached hydrogens (tertiary/aromatic N) is 1. The predicted molar refractivity (Wildman–Crippen MR) is 94.6 cm³/mol. The van der Waals surface area contributed by atoms with E-state index in [2.05, 4.69) is 18.7 Å². The maximum absolute atomic E-state index is 12.7. The molecule has 24 heavy (non-hydrogen) atoms. The maximum atomic E-state index is 12.7. The smallest absolute Gasteiger partial charge is 1.00 e. The highest BCUT2D eigenvalue weighted by molar-refractivity contribution is 5.82. The minimum atomic E-state index is -0.367. The number of hydrogen-bond acceptors (Lipinski definition) is 3. The monoisotopic (exact) mass is 347 g/mol. The van der Waals surface area contributed by atoms with Crippen molar-refractivity contribution in [2.75, 3.05) is 26.2 Å². The number of carbonyl (C=O) groups is 1. The fraction of sp³-hybridized carbons (Fsp3) is 0.350. The lowest BCUT2D eigenvalue weighted by Crippen LogP contribution is -3.00. The first-order chi connectivity index (χ1) is 11.3. The van der Waals surface area contributed by atoms with E-state index in [-0.39, 0.29) is 25.7 Å². The van der Waals surface area contributed by atoms with E-state index in [0.29, 0.717) is 6.61 Å². The van der Waals surface area contributed by atoms with Gasteiger partial charge in [-0.15, -0.1) is 0 Å². The fourth-order valence-corrected chi connectivity index (χ4v) is 2.65. The van der Waals surface area contributed by atoms with E-state index in [9.17, 15) is 4.79 Å². The fourth-order valence-electron chi connectivity index (χ4n) is 2.65. The number of rotatable bonds is 8. The minimum absolute atomic E-state index is 0. The van der Waals surface area contributed by atoms with Crippen molar-refractivity contribution in [1.82, 2.24) is 4.90 Å². The topological polar surface area (TPSA) is 29.5 Å². The lowest BCUT2D eigenvalue weighted by atomic mass is 9.91. The third kappa shape index (κ3) is 5.66. The van der Waals surface area contributed by atoms with E-state index in [1.165, 1.54) is 0 Å². The van der Waals surface area contributed by atoms with Gasteiger partial charge in [0.1, 0.15) is 12.5 Å². The molecule has 130 valence electrons. The van der Waals surface area contributed by atoms with Crippen LogP contribution in [0.2, 0.25) is 0 Å². The first-order valence-corrected chi connectivity index (χ1v) is 8.25. The minimum Gasteiger partial charge on any atom is -1.00 e. The van der Waals surface area contributed by atoms with Crippen LogP contribution < -0.4 is 12.4 Å². The van der Waals surface area contributed by atoms with Gasteiger partial charge in [-0.1, -0.05) is 74.5 Å². The molecule has 0 atom stereocenters. The molecule has 0 radical (unpaired) electrons. The number of halogens is 1. The summed E-state index contributed by atoms with van der Waals surface area (Å²) in [4.78, 5) is 14.9. The molecule has 0 N–H and O–H groups in total. The molecule has 0 heterocycles. The second-order valence-corrected chi connectivity index (χ2v) is 5.45. The molecular formula is C20H26ClNO2. The molecular weight excluding hydrogens is 322 g/mol. The number of esters is 1. The third-order valence-corrected chi connectivity index (χ3v) is 4.05. The summed E-state index contributed by atoms with van der Waals surface area (Å²) in [5, 5.41) is 0. The van der Waals surface area contributed by atoms with Gasteiger partial charge in [0.25, 0.3) is 0 Å². The van der Waals surface area contributed by atoms with Crippen LogP contribution in [0, 0.1) is 0 Å². The van der Waals surface area contributed by atoms with Gasteiger partial charge >= 0.3 is 7.40 Å². The molecule has 4 heteroatoms. The second kappa shape index (κ2) is 10.8. The highest BCUT2D eigenvalue weighted by Gasteiger charge is 2.24. The Morgan fingerprint density at radius 1 is 0.958 bits per heavy atom. The highest BCUT2D eigenvalue weighted by Crippen LogP contribution is 2.25. The summed E-state index contributed by atoms with van der Waals surface area (Å²) in [6.45, 7) is 7.36. The van der Waals surface area contributed by atoms with Crippen LogP contribution in [0.1, 0.15) is 32.3 Å². The molecule has 0 aliphatic rings. The van der Waals surface area contributed by atoms with E-state index in [0.717, 1.165) is 30.8 Å². The summed E-state index contributed by atoms with van der Waals surface area (Å²) in [6.07, 6.45) is 0. The average molecular weight is 348 g/mol. The summed E-state index contributed by atoms with van der Waals surface area (Å²) in [5.41, 5.74) is 1.93. The summed E-state index contributed by atoms with van der Waals surface area (Å²) in [6, 6.07) is 19.6. The first-order valence-electron chi connectivity index (χ1n) is 8.25. The zero-order valence-electron chi connectivity index (χ0n) is 15.3. The summed E-state index contributed by atoms with van der Waals surface area (Å²) < 4.78 is 5.57. The Hall–Kier alpha value is -1.84. The van der Waals surface area contributed by atoms with Crippen molar-refractivity contribution in [2.24, 2.45) is 0 Å². The average Bonchev–Trinajstić information content (AvgIpc) is 2.61. The normalized spacial score (nSPS) is 10.5. The van der Waals surface area contributed by atoms with Crippen molar-refractivity contribution >= 4 is 5.97 Å². The lowest BCUT2D eigenvalue weighted by Gasteiger charge is -2.20. The summed E-state index contributed by atoms with van der Waals surface area (Å²) >= 11 is 0. The van der Waals surface area contributed by atoms with Crippen LogP contribution in [0.25, 0.3) is 0 Å². The molecule has 0 spiro atoms. The van der Waals surface area contributed by atoms with Crippen LogP contribution in [-0.4, -0.2) is 37.1 Å². The Morgan fingerprint density at radius 3 is 1.83 bits per heavy atom. The summed E-state index contributed by atoms with van der Waals surface area (Å²) in [7, 11) is 0. The molecule has 0 aliphatic heterocycles. The van der Waals surface area contributed by atoms with E-state index in [1.54, 1.807) is 0 Å². The standard InChI is InChI=1S/C20H25NO2.ClH/c1-3-21(4-2)15-16-23-20(22)19(17-11-7-5-8-12-17)18-13-9-6-10-14-18;/h5-14,19H,3-4,15-16H2,1-2H3;1H. The van der Waals surface area contributed by atoms with Crippen molar-refractivity contribution in [3.8, 4) is 0 Å². The van der Waals surface area contributed by atoms with Gasteiger partial charge < -0.3 is 22.0 Å². The van der Waals surface area contributed by atoms with Crippen molar-refractivity contribution in [1.29, 1.82) is 0 Å². The van der Waals surface area contributed by atoms with Gasteiger partial charge in [-0.25, -0.2) is 0 Å². The largest absolute Gasteiger partial charge is 1.00 e. The van der Waals surface area contributed by atoms with Gasteiger partial charge in [-0.05, 0) is 24.2 Å². The molecule has 3 nitrogen and oxygen atoms in total. The number of carbonyl (C=O) groups excluding carboxylic acids is 1. The molecule has 0 fully saturated rings. The Morgan fingerprint density at radius 2 is 1.42 bits per heavy atom. The number of hydrogen-bond donors (Lipinski definition) is 0. The SMILES string of the molecule is CCN(CC)CCOC(=O)C(c1ccccc1)c1ccccc1.[Cl-].[H+]. The van der Waals surface area contributed by atoms with Gasteiger partial charge in [0.15, 0.2) is 0 Å². The van der Waals surface area contributed by atoms with Crippen LogP contribution in [-0.2, 0) is 9.53 Å². The van der Waals surface area contributed by atoms with Crippen molar-refractivity contribution in [3.63, 3.8) is 0 Å². The highest BCUT2D eigenvalue weighted by atomic mass is 35.5. The van der Waals surface area contributed by atoms with Crippen LogP contribution in [0.15, 0.2) is 60.7 Å². The molecule has 0 amide bonds. The van der Waals surface area contributed by atoms with Crippen LogP contribution in [0.5, 0.6) is 0 Å². The van der Waals surface area contributed by atoms with Gasteiger partial charge in [-0.2, -0.15) is 0 Å². The number of ether oxygens (including phenoxy) is 1. The molecule has 0 saturated carbocycles. The third-order valence-electron chi connectivity index (χ3n) is 4.05. The van der Waals surface area contributed by atoms with Crippen molar-refractivity contribution < 1.29 is 23.4 Å². The van der Waals surface area contributed by atoms with Crippen LogP contribution in [0.3, 0.4) is 0 Å². The lowest BCUT2D eigenvalue weighted by molar-refractivity contribution is -0.144. The Balaban J connectivity index is 0.00000288. The van der Waals surface area contributed by atoms with E-state index < -0.39 is 0 Å². The quantitative estimate of drug-likeness (QED) is 0.662. The van der Waals surface area contributed by atoms with E-state index >= 15 is 0 Å². The molecule has 0 aliphatic carbocycles. The molecule has 2 rings (SSSR count). The van der Waals surface area contributed by atoms with Gasteiger partial charge in [-0.3, -0.25) is 4.79 Å². The number of benzene rings is 2. The molecule has 0 unspecified atom stereocenters. The molecule has 0 bridgehead atoms. The Kier molecular flexibility index (Phi) is 9.13. The van der Waals surface area contributed by atoms with Crippen LogP contribution >= 0.6 is 0 Å². The van der Waals surface area contributed by atoms with E-state index in [1.807, 2.05) is 60.7 Å². The maximum Gasteiger partial charge on any atom is 1.00 e. The Labute approximate surface area is 152 Å². The molecule has 0 aromatic heterocycles. The van der Waals surface area contributed by atoms with Gasteiger partial charge in [0.2, 0.25) is 0 Å². The molecule has 2 aromatic carbocycles. The zero-order valence-corrected chi connectivity index (χ0v) is 15.1. The molecule has 2 aromatic rings. The van der Waals surface area contributed by atoms with Crippen LogP contribution in [0.4, 0.5) is 0 Å². The van der Waals surface area contributed by atoms with Gasteiger partial charge in [0, 0.05) is 6.54 Å². The van der Waals surface area contributed by atoms with E-state index in [4.69, 9.17) is 4.74 Å².